The molecule has 2 atom stereocenters. The first kappa shape index (κ1) is 11.9. The molecule has 84 valence electrons. The summed E-state index contributed by atoms with van der Waals surface area (Å²) in [7, 11) is 1.17. The van der Waals surface area contributed by atoms with E-state index in [2.05, 4.69) is 17.1 Å². The second-order valence-electron chi connectivity index (χ2n) is 4.19. The van der Waals surface area contributed by atoms with Crippen LogP contribution in [0.15, 0.2) is 0 Å². The first-order valence-corrected chi connectivity index (χ1v) is 6.84. The van der Waals surface area contributed by atoms with E-state index in [-0.39, 0.29) is 6.04 Å². The van der Waals surface area contributed by atoms with Gasteiger partial charge in [0.15, 0.2) is 9.84 Å². The molecule has 1 saturated heterocycles. The number of rotatable bonds is 4. The molecule has 0 aromatic heterocycles. The predicted molar refractivity (Wildman–Crippen MR) is 58.2 cm³/mol. The minimum Gasteiger partial charge on any atom is -0.316 e. The molecule has 0 aromatic carbocycles. The lowest BCUT2D eigenvalue weighted by molar-refractivity contribution is 0.241. The third-order valence-electron chi connectivity index (χ3n) is 2.89. The summed E-state index contributed by atoms with van der Waals surface area (Å²) in [5, 5.41) is 3.15. The fourth-order valence-electron chi connectivity index (χ4n) is 1.80. The summed E-state index contributed by atoms with van der Waals surface area (Å²) in [6.07, 6.45) is 0.787. The lowest BCUT2D eigenvalue weighted by Crippen LogP contribution is -2.41. The predicted octanol–water partition coefficient (Wildman–Crippen LogP) is -0.287. The number of nitrogens with one attached hydrogen (secondary N) is 1. The van der Waals surface area contributed by atoms with Gasteiger partial charge in [-0.2, -0.15) is 0 Å². The van der Waals surface area contributed by atoms with Crippen molar-refractivity contribution in [3.05, 3.63) is 0 Å². The average Bonchev–Trinajstić information content (AvgIpc) is 2.46. The normalized spacial score (nSPS) is 28.1. The fourth-order valence-corrected chi connectivity index (χ4v) is 3.60. The molecular formula is C9H20N2O2S. The Morgan fingerprint density at radius 1 is 1.57 bits per heavy atom. The molecule has 0 bridgehead atoms. The molecule has 0 amide bonds. The zero-order chi connectivity index (χ0) is 10.8. The van der Waals surface area contributed by atoms with E-state index >= 15 is 0 Å². The van der Waals surface area contributed by atoms with Crippen LogP contribution in [0.25, 0.3) is 0 Å². The van der Waals surface area contributed by atoms with Crippen LogP contribution in [-0.2, 0) is 9.84 Å². The van der Waals surface area contributed by atoms with Crippen molar-refractivity contribution in [2.45, 2.75) is 25.4 Å². The molecule has 1 rings (SSSR count). The summed E-state index contributed by atoms with van der Waals surface area (Å²) in [6.45, 7) is 3.00. The molecule has 0 aliphatic carbocycles. The maximum absolute atomic E-state index is 11.3. The van der Waals surface area contributed by atoms with E-state index in [1.807, 2.05) is 14.1 Å². The van der Waals surface area contributed by atoms with E-state index in [4.69, 9.17) is 0 Å². The van der Waals surface area contributed by atoms with Gasteiger partial charge in [0.05, 0.1) is 11.5 Å². The van der Waals surface area contributed by atoms with Gasteiger partial charge < -0.3 is 10.2 Å². The lowest BCUT2D eigenvalue weighted by atomic mass is 10.2. The van der Waals surface area contributed by atoms with Gasteiger partial charge in [-0.25, -0.2) is 8.42 Å². The van der Waals surface area contributed by atoms with Crippen LogP contribution in [-0.4, -0.2) is 57.5 Å². The van der Waals surface area contributed by atoms with Gasteiger partial charge in [0.2, 0.25) is 0 Å². The standard InChI is InChI=1S/C9H20N2O2S/c1-8(10-2)6-11(3)9-4-5-14(12,13)7-9/h8-10H,4-7H2,1-3H3. The third kappa shape index (κ3) is 3.22. The van der Waals surface area contributed by atoms with Gasteiger partial charge in [-0.05, 0) is 27.4 Å². The summed E-state index contributed by atoms with van der Waals surface area (Å²) in [5.41, 5.74) is 0. The molecule has 1 aliphatic rings. The number of nitrogens with zero attached hydrogens (tertiary/aromatic N) is 1. The van der Waals surface area contributed by atoms with Gasteiger partial charge in [-0.3, -0.25) is 0 Å². The summed E-state index contributed by atoms with van der Waals surface area (Å²) < 4.78 is 22.5. The number of hydrogen-bond acceptors (Lipinski definition) is 4. The quantitative estimate of drug-likeness (QED) is 0.707. The fraction of sp³-hybridized carbons (Fsp3) is 1.00. The SMILES string of the molecule is CNC(C)CN(C)C1CCS(=O)(=O)C1. The molecule has 1 fully saturated rings. The van der Waals surface area contributed by atoms with Crippen molar-refractivity contribution in [3.8, 4) is 0 Å². The smallest absolute Gasteiger partial charge is 0.151 e. The van der Waals surface area contributed by atoms with E-state index in [0.717, 1.165) is 13.0 Å². The molecule has 4 nitrogen and oxygen atoms in total. The molecule has 0 aromatic rings. The molecule has 5 heteroatoms. The second kappa shape index (κ2) is 4.59. The van der Waals surface area contributed by atoms with E-state index in [1.54, 1.807) is 0 Å². The van der Waals surface area contributed by atoms with Crippen LogP contribution in [0.1, 0.15) is 13.3 Å². The summed E-state index contributed by atoms with van der Waals surface area (Å²) in [6, 6.07) is 0.624. The Hall–Kier alpha value is -0.130. The van der Waals surface area contributed by atoms with Crippen molar-refractivity contribution in [1.29, 1.82) is 0 Å². The van der Waals surface area contributed by atoms with Crippen molar-refractivity contribution in [3.63, 3.8) is 0 Å². The van der Waals surface area contributed by atoms with Gasteiger partial charge in [0.25, 0.3) is 0 Å². The highest BCUT2D eigenvalue weighted by molar-refractivity contribution is 7.91. The minimum absolute atomic E-state index is 0.218. The third-order valence-corrected chi connectivity index (χ3v) is 4.64. The van der Waals surface area contributed by atoms with E-state index in [9.17, 15) is 8.42 Å². The molecule has 14 heavy (non-hydrogen) atoms. The molecule has 1 heterocycles. The van der Waals surface area contributed by atoms with Crippen LogP contribution in [0, 0.1) is 0 Å². The van der Waals surface area contributed by atoms with Crippen LogP contribution in [0.2, 0.25) is 0 Å². The lowest BCUT2D eigenvalue weighted by Gasteiger charge is -2.26. The van der Waals surface area contributed by atoms with Gasteiger partial charge in [0.1, 0.15) is 0 Å². The highest BCUT2D eigenvalue weighted by Gasteiger charge is 2.30. The first-order valence-electron chi connectivity index (χ1n) is 5.02. The van der Waals surface area contributed by atoms with Crippen LogP contribution >= 0.6 is 0 Å². The largest absolute Gasteiger partial charge is 0.316 e. The average molecular weight is 220 g/mol. The van der Waals surface area contributed by atoms with Crippen molar-refractivity contribution in [2.75, 3.05) is 32.1 Å². The Balaban J connectivity index is 2.43. The second-order valence-corrected chi connectivity index (χ2v) is 6.41. The first-order chi connectivity index (χ1) is 6.44. The molecule has 0 spiro atoms. The van der Waals surface area contributed by atoms with Gasteiger partial charge in [-0.15, -0.1) is 0 Å². The Morgan fingerprint density at radius 2 is 2.21 bits per heavy atom. The Labute approximate surface area is 86.6 Å². The van der Waals surface area contributed by atoms with Crippen LogP contribution in [0.3, 0.4) is 0 Å². The van der Waals surface area contributed by atoms with Crippen molar-refractivity contribution in [2.24, 2.45) is 0 Å². The van der Waals surface area contributed by atoms with Crippen LogP contribution < -0.4 is 5.32 Å². The maximum Gasteiger partial charge on any atom is 0.151 e. The highest BCUT2D eigenvalue weighted by atomic mass is 32.2. The Bertz CT molecular complexity index is 277. The zero-order valence-electron chi connectivity index (χ0n) is 9.16. The molecule has 2 unspecified atom stereocenters. The molecular weight excluding hydrogens is 200 g/mol. The summed E-state index contributed by atoms with van der Waals surface area (Å²) in [5.74, 6) is 0.690. The van der Waals surface area contributed by atoms with E-state index in [0.29, 0.717) is 17.5 Å². The van der Waals surface area contributed by atoms with Crippen LogP contribution in [0.4, 0.5) is 0 Å². The van der Waals surface area contributed by atoms with Gasteiger partial charge in [-0.1, -0.05) is 0 Å². The summed E-state index contributed by atoms with van der Waals surface area (Å²) in [4.78, 5) is 2.14. The Kier molecular flexibility index (Phi) is 3.92. The summed E-state index contributed by atoms with van der Waals surface area (Å²) >= 11 is 0. The van der Waals surface area contributed by atoms with Crippen molar-refractivity contribution < 1.29 is 8.42 Å². The van der Waals surface area contributed by atoms with Crippen LogP contribution in [0.5, 0.6) is 0 Å². The minimum atomic E-state index is -2.75. The zero-order valence-corrected chi connectivity index (χ0v) is 9.97. The van der Waals surface area contributed by atoms with E-state index in [1.165, 1.54) is 0 Å². The Morgan fingerprint density at radius 3 is 2.64 bits per heavy atom. The van der Waals surface area contributed by atoms with E-state index < -0.39 is 9.84 Å². The molecule has 0 radical (unpaired) electrons. The number of hydrogen-bond donors (Lipinski definition) is 1. The molecule has 1 N–H and O–H groups in total. The van der Waals surface area contributed by atoms with Crippen molar-refractivity contribution >= 4 is 9.84 Å². The monoisotopic (exact) mass is 220 g/mol. The maximum atomic E-state index is 11.3. The highest BCUT2D eigenvalue weighted by Crippen LogP contribution is 2.16. The topological polar surface area (TPSA) is 49.4 Å². The molecule has 0 saturated carbocycles. The van der Waals surface area contributed by atoms with Gasteiger partial charge >= 0.3 is 0 Å². The number of likely N-dealkylation sites (N-methyl/N-ethyl adjacent to an activating group) is 2. The molecule has 1 aliphatic heterocycles. The van der Waals surface area contributed by atoms with Gasteiger partial charge in [0, 0.05) is 18.6 Å². The number of sulfone groups is 1. The van der Waals surface area contributed by atoms with Crippen molar-refractivity contribution in [1.82, 2.24) is 10.2 Å².